The lowest BCUT2D eigenvalue weighted by atomic mass is 10.3. The van der Waals surface area contributed by atoms with Crippen molar-refractivity contribution < 1.29 is 9.53 Å². The van der Waals surface area contributed by atoms with Gasteiger partial charge in [-0.25, -0.2) is 4.79 Å². The molecule has 0 amide bonds. The smallest absolute Gasteiger partial charge is 0.356 e. The van der Waals surface area contributed by atoms with Gasteiger partial charge in [-0.15, -0.1) is 0 Å². The molecule has 1 N–H and O–H groups in total. The number of aromatic amines is 1. The molecule has 2 heterocycles. The van der Waals surface area contributed by atoms with Gasteiger partial charge in [0, 0.05) is 12.4 Å². The van der Waals surface area contributed by atoms with E-state index in [-0.39, 0.29) is 17.9 Å². The Labute approximate surface area is 91.7 Å². The molecule has 16 heavy (non-hydrogen) atoms. The molecule has 0 unspecified atom stereocenters. The number of nitrogens with one attached hydrogen (secondary N) is 1. The highest BCUT2D eigenvalue weighted by molar-refractivity contribution is 5.87. The highest BCUT2D eigenvalue weighted by Gasteiger charge is 2.11. The number of fused-ring (bicyclic) bond motifs is 1. The Bertz CT molecular complexity index is 595. The maximum Gasteiger partial charge on any atom is 0.356 e. The fourth-order valence-electron chi connectivity index (χ4n) is 1.62. The lowest BCUT2D eigenvalue weighted by Gasteiger charge is -2.02. The minimum Gasteiger partial charge on any atom is -0.461 e. The molecule has 84 valence electrons. The monoisotopic (exact) mass is 220 g/mol. The minimum atomic E-state index is -0.521. The Kier molecular flexibility index (Phi) is 2.52. The minimum absolute atomic E-state index is 0.162. The summed E-state index contributed by atoms with van der Waals surface area (Å²) >= 11 is 0. The summed E-state index contributed by atoms with van der Waals surface area (Å²) in [5.41, 5.74) is 1.30. The molecule has 0 aliphatic rings. The molecule has 0 saturated heterocycles. The van der Waals surface area contributed by atoms with Crippen molar-refractivity contribution in [2.75, 3.05) is 6.61 Å². The summed E-state index contributed by atoms with van der Waals surface area (Å²) in [5.74, 6) is -0.521. The Morgan fingerprint density at radius 1 is 1.56 bits per heavy atom. The number of H-pyrrole nitrogens is 1. The number of hydrogen-bond donors (Lipinski definition) is 1. The fourth-order valence-corrected chi connectivity index (χ4v) is 1.62. The molecular weight excluding hydrogens is 208 g/mol. The maximum atomic E-state index is 11.7. The zero-order chi connectivity index (χ0) is 11.7. The number of ether oxygens (including phenoxy) is 1. The average Bonchev–Trinajstić information content (AvgIpc) is 2.61. The number of carbonyl (C=O) groups excluding carboxylic acids is 1. The molecule has 5 heteroatoms. The lowest BCUT2D eigenvalue weighted by molar-refractivity contribution is 0.0518. The van der Waals surface area contributed by atoms with Gasteiger partial charge in [0.15, 0.2) is 0 Å². The van der Waals surface area contributed by atoms with Gasteiger partial charge in [-0.05, 0) is 25.5 Å². The quantitative estimate of drug-likeness (QED) is 0.771. The van der Waals surface area contributed by atoms with E-state index >= 15 is 0 Å². The van der Waals surface area contributed by atoms with E-state index in [9.17, 15) is 9.59 Å². The number of esters is 1. The van der Waals surface area contributed by atoms with Gasteiger partial charge in [0.25, 0.3) is 5.56 Å². The molecule has 0 fully saturated rings. The summed E-state index contributed by atoms with van der Waals surface area (Å²) in [6.07, 6.45) is 3.30. The van der Waals surface area contributed by atoms with Crippen LogP contribution in [0, 0.1) is 6.92 Å². The first-order chi connectivity index (χ1) is 7.63. The number of nitrogens with zero attached hydrogens (tertiary/aromatic N) is 1. The summed E-state index contributed by atoms with van der Waals surface area (Å²) < 4.78 is 6.44. The summed E-state index contributed by atoms with van der Waals surface area (Å²) in [5, 5.41) is 0. The van der Waals surface area contributed by atoms with Crippen molar-refractivity contribution in [2.45, 2.75) is 13.8 Å². The summed E-state index contributed by atoms with van der Waals surface area (Å²) in [4.78, 5) is 25.7. The van der Waals surface area contributed by atoms with E-state index in [1.807, 2.05) is 13.0 Å². The first kappa shape index (κ1) is 10.5. The average molecular weight is 220 g/mol. The molecule has 0 bridgehead atoms. The predicted molar refractivity (Wildman–Crippen MR) is 58.7 cm³/mol. The lowest BCUT2D eigenvalue weighted by Crippen LogP contribution is -2.17. The van der Waals surface area contributed by atoms with Gasteiger partial charge in [0.05, 0.1) is 6.61 Å². The van der Waals surface area contributed by atoms with Gasteiger partial charge in [0.2, 0.25) is 0 Å². The molecule has 0 aliphatic carbocycles. The molecule has 0 spiro atoms. The summed E-state index contributed by atoms with van der Waals surface area (Å²) in [7, 11) is 0. The van der Waals surface area contributed by atoms with Crippen LogP contribution in [0.4, 0.5) is 0 Å². The van der Waals surface area contributed by atoms with Crippen LogP contribution in [0.5, 0.6) is 0 Å². The molecule has 0 atom stereocenters. The third-order valence-electron chi connectivity index (χ3n) is 2.34. The van der Waals surface area contributed by atoms with Crippen molar-refractivity contribution in [3.05, 3.63) is 40.1 Å². The second kappa shape index (κ2) is 3.84. The predicted octanol–water partition coefficient (Wildman–Crippen LogP) is 1.11. The number of aryl methyl sites for hydroxylation is 1. The van der Waals surface area contributed by atoms with Crippen LogP contribution >= 0.6 is 0 Å². The van der Waals surface area contributed by atoms with Crippen molar-refractivity contribution in [3.8, 4) is 0 Å². The number of hydrogen-bond acceptors (Lipinski definition) is 3. The van der Waals surface area contributed by atoms with Gasteiger partial charge in [-0.3, -0.25) is 4.79 Å². The van der Waals surface area contributed by atoms with Crippen molar-refractivity contribution in [1.29, 1.82) is 0 Å². The highest BCUT2D eigenvalue weighted by Crippen LogP contribution is 2.07. The SMILES string of the molecule is CCOC(=O)c1cn2ccc(C)c2c(=O)[nH]1. The van der Waals surface area contributed by atoms with Crippen LogP contribution in [0.25, 0.3) is 5.52 Å². The molecule has 2 aromatic heterocycles. The van der Waals surface area contributed by atoms with Gasteiger partial charge >= 0.3 is 5.97 Å². The van der Waals surface area contributed by atoms with E-state index in [2.05, 4.69) is 4.98 Å². The van der Waals surface area contributed by atoms with Crippen molar-refractivity contribution in [1.82, 2.24) is 9.38 Å². The second-order valence-electron chi connectivity index (χ2n) is 3.47. The zero-order valence-corrected chi connectivity index (χ0v) is 9.11. The molecule has 5 nitrogen and oxygen atoms in total. The third kappa shape index (κ3) is 1.60. The summed E-state index contributed by atoms with van der Waals surface area (Å²) in [6.45, 7) is 3.84. The fraction of sp³-hybridized carbons (Fsp3) is 0.273. The molecule has 2 rings (SSSR count). The second-order valence-corrected chi connectivity index (χ2v) is 3.47. The van der Waals surface area contributed by atoms with Crippen LogP contribution in [-0.2, 0) is 4.74 Å². The first-order valence-corrected chi connectivity index (χ1v) is 5.01. The highest BCUT2D eigenvalue weighted by atomic mass is 16.5. The topological polar surface area (TPSA) is 63.6 Å². The molecular formula is C11H12N2O3. The van der Waals surface area contributed by atoms with Gasteiger partial charge in [0.1, 0.15) is 11.2 Å². The Hall–Kier alpha value is -2.04. The Morgan fingerprint density at radius 2 is 2.31 bits per heavy atom. The standard InChI is InChI=1S/C11H12N2O3/c1-3-16-11(15)8-6-13-5-4-7(2)9(13)10(14)12-8/h4-6H,3H2,1-2H3,(H,12,14). The van der Waals surface area contributed by atoms with Crippen LogP contribution in [0.3, 0.4) is 0 Å². The largest absolute Gasteiger partial charge is 0.461 e. The Morgan fingerprint density at radius 3 is 3.00 bits per heavy atom. The molecule has 0 radical (unpaired) electrons. The molecule has 0 saturated carbocycles. The molecule has 2 aromatic rings. The van der Waals surface area contributed by atoms with Gasteiger partial charge in [-0.2, -0.15) is 0 Å². The zero-order valence-electron chi connectivity index (χ0n) is 9.11. The van der Waals surface area contributed by atoms with Crippen molar-refractivity contribution in [2.24, 2.45) is 0 Å². The van der Waals surface area contributed by atoms with Crippen LogP contribution < -0.4 is 5.56 Å². The van der Waals surface area contributed by atoms with E-state index in [0.29, 0.717) is 5.52 Å². The van der Waals surface area contributed by atoms with E-state index in [1.165, 1.54) is 0 Å². The number of carbonyl (C=O) groups is 1. The van der Waals surface area contributed by atoms with Gasteiger partial charge in [-0.1, -0.05) is 0 Å². The van der Waals surface area contributed by atoms with E-state index in [4.69, 9.17) is 4.74 Å². The number of rotatable bonds is 2. The van der Waals surface area contributed by atoms with E-state index in [0.717, 1.165) is 5.56 Å². The van der Waals surface area contributed by atoms with Crippen molar-refractivity contribution >= 4 is 11.5 Å². The number of aromatic nitrogens is 2. The summed E-state index contributed by atoms with van der Waals surface area (Å²) in [6, 6.07) is 1.82. The molecule has 0 aliphatic heterocycles. The van der Waals surface area contributed by atoms with Crippen LogP contribution in [-0.4, -0.2) is 22.0 Å². The third-order valence-corrected chi connectivity index (χ3v) is 2.34. The normalized spacial score (nSPS) is 10.6. The Balaban J connectivity index is 2.59. The van der Waals surface area contributed by atoms with Gasteiger partial charge < -0.3 is 14.1 Å². The van der Waals surface area contributed by atoms with Crippen LogP contribution in [0.15, 0.2) is 23.3 Å². The van der Waals surface area contributed by atoms with E-state index < -0.39 is 5.97 Å². The van der Waals surface area contributed by atoms with Crippen LogP contribution in [0.1, 0.15) is 23.0 Å². The van der Waals surface area contributed by atoms with Crippen LogP contribution in [0.2, 0.25) is 0 Å². The maximum absolute atomic E-state index is 11.7. The van der Waals surface area contributed by atoms with Crippen molar-refractivity contribution in [3.63, 3.8) is 0 Å². The first-order valence-electron chi connectivity index (χ1n) is 5.01. The van der Waals surface area contributed by atoms with E-state index in [1.54, 1.807) is 23.7 Å². The molecule has 0 aromatic carbocycles.